The van der Waals surface area contributed by atoms with Gasteiger partial charge in [-0.25, -0.2) is 14.4 Å². The van der Waals surface area contributed by atoms with Crippen molar-refractivity contribution in [1.29, 1.82) is 0 Å². The molecule has 2 fully saturated rings. The van der Waals surface area contributed by atoms with E-state index in [1.165, 1.54) is 0 Å². The summed E-state index contributed by atoms with van der Waals surface area (Å²) in [6.07, 6.45) is 8.23. The van der Waals surface area contributed by atoms with Gasteiger partial charge in [0, 0.05) is 30.2 Å². The Kier molecular flexibility index (Phi) is 4.96. The zero-order chi connectivity index (χ0) is 20.5. The molecular formula is C21H22FN7O. The quantitative estimate of drug-likeness (QED) is 0.597. The zero-order valence-corrected chi connectivity index (χ0v) is 16.3. The number of amides is 1. The molecule has 8 nitrogen and oxygen atoms in total. The Morgan fingerprint density at radius 2 is 1.87 bits per heavy atom. The average molecular weight is 407 g/mol. The van der Waals surface area contributed by atoms with Crippen LogP contribution in [0.1, 0.15) is 19.3 Å². The predicted octanol–water partition coefficient (Wildman–Crippen LogP) is 2.55. The molecule has 3 N–H and O–H groups in total. The lowest BCUT2D eigenvalue weighted by atomic mass is 10.1. The van der Waals surface area contributed by atoms with Gasteiger partial charge in [-0.1, -0.05) is 0 Å². The van der Waals surface area contributed by atoms with E-state index in [-0.39, 0.29) is 17.9 Å². The maximum atomic E-state index is 14.1. The van der Waals surface area contributed by atoms with Crippen LogP contribution >= 0.6 is 0 Å². The molecule has 1 amide bonds. The van der Waals surface area contributed by atoms with E-state index in [4.69, 9.17) is 0 Å². The fraction of sp³-hybridized carbons (Fsp3) is 0.381. The van der Waals surface area contributed by atoms with Crippen LogP contribution in [-0.2, 0) is 4.79 Å². The summed E-state index contributed by atoms with van der Waals surface area (Å²) in [4.78, 5) is 29.6. The van der Waals surface area contributed by atoms with E-state index in [1.807, 2.05) is 12.1 Å². The number of carbonyl (C=O) groups excluding carboxylic acids is 1. The number of hydrogen-bond donors (Lipinski definition) is 3. The summed E-state index contributed by atoms with van der Waals surface area (Å²) >= 11 is 0. The monoisotopic (exact) mass is 407 g/mol. The lowest BCUT2D eigenvalue weighted by Crippen LogP contribution is -2.45. The van der Waals surface area contributed by atoms with Crippen LogP contribution in [0.5, 0.6) is 0 Å². The first-order valence-corrected chi connectivity index (χ1v) is 10.2. The largest absolute Gasteiger partial charge is 0.363 e. The van der Waals surface area contributed by atoms with Crippen molar-refractivity contribution in [2.75, 3.05) is 23.7 Å². The van der Waals surface area contributed by atoms with Gasteiger partial charge in [0.15, 0.2) is 0 Å². The summed E-state index contributed by atoms with van der Waals surface area (Å²) in [5, 5.41) is 10.8. The lowest BCUT2D eigenvalue weighted by molar-refractivity contribution is -0.117. The third-order valence-electron chi connectivity index (χ3n) is 5.44. The number of alkyl halides is 1. The number of carbonyl (C=O) groups is 1. The van der Waals surface area contributed by atoms with E-state index in [2.05, 4.69) is 35.9 Å². The predicted molar refractivity (Wildman–Crippen MR) is 112 cm³/mol. The minimum Gasteiger partial charge on any atom is -0.363 e. The average Bonchev–Trinajstić information content (AvgIpc) is 3.61. The van der Waals surface area contributed by atoms with E-state index in [0.717, 1.165) is 30.2 Å². The molecule has 3 aromatic rings. The van der Waals surface area contributed by atoms with Crippen LogP contribution in [0.25, 0.3) is 22.2 Å². The summed E-state index contributed by atoms with van der Waals surface area (Å²) in [5.74, 6) is 1.18. The second-order valence-corrected chi connectivity index (χ2v) is 7.80. The van der Waals surface area contributed by atoms with Crippen molar-refractivity contribution in [3.05, 3.63) is 36.9 Å². The number of aromatic nitrogens is 4. The van der Waals surface area contributed by atoms with Gasteiger partial charge < -0.3 is 16.0 Å². The van der Waals surface area contributed by atoms with Crippen LogP contribution in [0, 0.1) is 5.92 Å². The van der Waals surface area contributed by atoms with Gasteiger partial charge in [0.1, 0.15) is 23.5 Å². The summed E-state index contributed by atoms with van der Waals surface area (Å²) in [6, 6.07) is 3.43. The van der Waals surface area contributed by atoms with Crippen LogP contribution in [0.15, 0.2) is 36.9 Å². The Labute approximate surface area is 172 Å². The third kappa shape index (κ3) is 4.06. The van der Waals surface area contributed by atoms with Gasteiger partial charge in [0.25, 0.3) is 0 Å². The van der Waals surface area contributed by atoms with Crippen LogP contribution in [0.4, 0.5) is 16.0 Å². The molecular weight excluding hydrogens is 385 g/mol. The molecule has 154 valence electrons. The molecule has 0 spiro atoms. The Balaban J connectivity index is 1.38. The molecule has 2 atom stereocenters. The molecule has 0 radical (unpaired) electrons. The number of hydrogen-bond acceptors (Lipinski definition) is 7. The van der Waals surface area contributed by atoms with Crippen LogP contribution in [0.3, 0.4) is 0 Å². The smallest absolute Gasteiger partial charge is 0.228 e. The number of pyridine rings is 2. The molecule has 1 aliphatic carbocycles. The molecule has 4 heterocycles. The number of piperidine rings is 1. The van der Waals surface area contributed by atoms with Gasteiger partial charge in [-0.2, -0.15) is 0 Å². The highest BCUT2D eigenvalue weighted by Crippen LogP contribution is 2.30. The van der Waals surface area contributed by atoms with Crippen molar-refractivity contribution in [2.24, 2.45) is 5.92 Å². The van der Waals surface area contributed by atoms with Crippen molar-refractivity contribution in [2.45, 2.75) is 31.5 Å². The topological polar surface area (TPSA) is 105 Å². The summed E-state index contributed by atoms with van der Waals surface area (Å²) in [5.41, 5.74) is 1.23. The lowest BCUT2D eigenvalue weighted by Gasteiger charge is -2.27. The molecule has 5 rings (SSSR count). The normalized spacial score (nSPS) is 21.4. The molecule has 1 saturated carbocycles. The maximum absolute atomic E-state index is 14.1. The SMILES string of the molecule is O=C(Nc1cc2cc(-c3cncc(N[C@H]4CCNC[C@@H]4F)n3)ncc2cn1)C1CC1. The molecule has 3 aromatic heterocycles. The highest BCUT2D eigenvalue weighted by atomic mass is 19.1. The van der Waals surface area contributed by atoms with Gasteiger partial charge >= 0.3 is 0 Å². The first kappa shape index (κ1) is 18.8. The van der Waals surface area contributed by atoms with Crippen molar-refractivity contribution < 1.29 is 9.18 Å². The van der Waals surface area contributed by atoms with Crippen molar-refractivity contribution in [3.8, 4) is 11.4 Å². The Bertz CT molecular complexity index is 1090. The minimum absolute atomic E-state index is 0.0184. The summed E-state index contributed by atoms with van der Waals surface area (Å²) in [7, 11) is 0. The van der Waals surface area contributed by atoms with Gasteiger partial charge in [0.2, 0.25) is 5.91 Å². The Morgan fingerprint density at radius 1 is 1.00 bits per heavy atom. The Hall–Kier alpha value is -3.20. The standard InChI is InChI=1S/C21H22FN7O/c22-15-9-23-4-3-16(15)27-20-11-24-10-18(28-20)17-5-13-6-19(26-8-14(13)7-25-17)29-21(30)12-1-2-12/h5-8,10-12,15-16,23H,1-4,9H2,(H,27,28)(H,26,29,30)/t15-,16-/m0/s1. The summed E-state index contributed by atoms with van der Waals surface area (Å²) in [6.45, 7) is 1.11. The molecule has 1 saturated heterocycles. The van der Waals surface area contributed by atoms with E-state index >= 15 is 0 Å². The van der Waals surface area contributed by atoms with Gasteiger partial charge in [-0.3, -0.25) is 14.8 Å². The van der Waals surface area contributed by atoms with E-state index in [1.54, 1.807) is 24.8 Å². The van der Waals surface area contributed by atoms with Gasteiger partial charge in [-0.15, -0.1) is 0 Å². The van der Waals surface area contributed by atoms with Crippen molar-refractivity contribution >= 4 is 28.3 Å². The number of nitrogens with zero attached hydrogens (tertiary/aromatic N) is 4. The van der Waals surface area contributed by atoms with Crippen molar-refractivity contribution in [3.63, 3.8) is 0 Å². The van der Waals surface area contributed by atoms with Crippen LogP contribution in [0.2, 0.25) is 0 Å². The van der Waals surface area contributed by atoms with Gasteiger partial charge in [-0.05, 0) is 43.3 Å². The fourth-order valence-electron chi connectivity index (χ4n) is 3.55. The third-order valence-corrected chi connectivity index (χ3v) is 5.44. The molecule has 0 bridgehead atoms. The Morgan fingerprint density at radius 3 is 2.70 bits per heavy atom. The molecule has 30 heavy (non-hydrogen) atoms. The molecule has 0 unspecified atom stereocenters. The second-order valence-electron chi connectivity index (χ2n) is 7.80. The van der Waals surface area contributed by atoms with Crippen LogP contribution < -0.4 is 16.0 Å². The first-order chi connectivity index (χ1) is 14.7. The maximum Gasteiger partial charge on any atom is 0.228 e. The number of halogens is 1. The molecule has 9 heteroatoms. The highest BCUT2D eigenvalue weighted by molar-refractivity contribution is 5.95. The van der Waals surface area contributed by atoms with Crippen LogP contribution in [-0.4, -0.2) is 51.1 Å². The molecule has 0 aromatic carbocycles. The fourth-order valence-corrected chi connectivity index (χ4v) is 3.55. The molecule has 1 aliphatic heterocycles. The number of rotatable bonds is 5. The minimum atomic E-state index is -0.972. The number of anilines is 2. The molecule has 2 aliphatic rings. The van der Waals surface area contributed by atoms with Crippen molar-refractivity contribution in [1.82, 2.24) is 25.3 Å². The summed E-state index contributed by atoms with van der Waals surface area (Å²) < 4.78 is 14.1. The van der Waals surface area contributed by atoms with E-state index in [9.17, 15) is 9.18 Å². The van der Waals surface area contributed by atoms with E-state index in [0.29, 0.717) is 36.0 Å². The second kappa shape index (κ2) is 7.91. The number of fused-ring (bicyclic) bond motifs is 1. The van der Waals surface area contributed by atoms with E-state index < -0.39 is 6.17 Å². The first-order valence-electron chi connectivity index (χ1n) is 10.2. The zero-order valence-electron chi connectivity index (χ0n) is 16.3. The van der Waals surface area contributed by atoms with Gasteiger partial charge in [0.05, 0.1) is 24.1 Å². The highest BCUT2D eigenvalue weighted by Gasteiger charge is 2.29. The number of nitrogens with one attached hydrogen (secondary N) is 3.